The van der Waals surface area contributed by atoms with Gasteiger partial charge in [0, 0.05) is 5.02 Å². The van der Waals surface area contributed by atoms with Crippen molar-refractivity contribution >= 4 is 29.2 Å². The Kier molecular flexibility index (Phi) is 6.09. The Hall–Kier alpha value is -1.21. The molecule has 0 aliphatic rings. The van der Waals surface area contributed by atoms with Crippen LogP contribution in [0.25, 0.3) is 11.1 Å². The molecule has 0 heterocycles. The Balaban J connectivity index is 2.28. The van der Waals surface area contributed by atoms with Gasteiger partial charge in [-0.2, -0.15) is 4.72 Å². The van der Waals surface area contributed by atoms with E-state index in [1.54, 1.807) is 24.3 Å². The molecule has 0 saturated carbocycles. The molecular weight excluding hydrogens is 385 g/mol. The maximum absolute atomic E-state index is 12.4. The number of sulfonamides is 1. The van der Waals surface area contributed by atoms with Crippen molar-refractivity contribution in [2.24, 2.45) is 5.92 Å². The topological polar surface area (TPSA) is 104 Å². The Labute approximate surface area is 152 Å². The van der Waals surface area contributed by atoms with Gasteiger partial charge in [0.1, 0.15) is 5.78 Å². The molecule has 2 rings (SSSR count). The molecule has 0 fully saturated rings. The van der Waals surface area contributed by atoms with Crippen LogP contribution in [-0.2, 0) is 14.6 Å². The molecule has 9 heteroatoms. The third kappa shape index (κ3) is 5.14. The summed E-state index contributed by atoms with van der Waals surface area (Å²) in [4.78, 5) is 18.6. The fourth-order valence-corrected chi connectivity index (χ4v) is 5.38. The lowest BCUT2D eigenvalue weighted by Crippen LogP contribution is -2.38. The highest BCUT2D eigenvalue weighted by Gasteiger charge is 2.35. The molecule has 136 valence electrons. The molecular formula is C16H19ClNO5PS. The average Bonchev–Trinajstić information content (AvgIpc) is 2.52. The largest absolute Gasteiger partial charge is 0.343 e. The first-order valence-electron chi connectivity index (χ1n) is 7.44. The van der Waals surface area contributed by atoms with E-state index in [2.05, 4.69) is 4.72 Å². The number of hydrogen-bond acceptors (Lipinski definition) is 3. The van der Waals surface area contributed by atoms with E-state index in [4.69, 9.17) is 11.6 Å². The molecule has 0 radical (unpaired) electrons. The monoisotopic (exact) mass is 403 g/mol. The van der Waals surface area contributed by atoms with Crippen LogP contribution in [-0.4, -0.2) is 24.0 Å². The second-order valence-electron chi connectivity index (χ2n) is 5.93. The number of halogens is 1. The summed E-state index contributed by atoms with van der Waals surface area (Å²) in [6, 6.07) is 13.1. The van der Waals surface area contributed by atoms with Gasteiger partial charge in [-0.15, -0.1) is 0 Å². The van der Waals surface area contributed by atoms with E-state index in [1.807, 2.05) is 12.1 Å². The van der Waals surface area contributed by atoms with Gasteiger partial charge < -0.3 is 9.79 Å². The van der Waals surface area contributed by atoms with E-state index in [1.165, 1.54) is 26.0 Å². The van der Waals surface area contributed by atoms with Crippen molar-refractivity contribution < 1.29 is 22.8 Å². The first-order valence-corrected chi connectivity index (χ1v) is 11.0. The molecule has 3 N–H and O–H groups in total. The van der Waals surface area contributed by atoms with Crippen LogP contribution in [0.1, 0.15) is 13.8 Å². The van der Waals surface area contributed by atoms with Crippen LogP contribution in [0, 0.1) is 5.92 Å². The standard InChI is InChI=1S/C16H19ClNO5PS/c1-11(2)16(24(19,20)21)18-25(22,23)15-9-5-13(6-10-15)12-3-7-14(17)8-4-12/h3-11,16,18H,1-2H3,(H2,19,20,21)/t16-/m0/s1. The predicted molar refractivity (Wildman–Crippen MR) is 97.9 cm³/mol. The highest BCUT2D eigenvalue weighted by atomic mass is 35.5. The Morgan fingerprint density at radius 3 is 1.80 bits per heavy atom. The van der Waals surface area contributed by atoms with Crippen LogP contribution in [0.15, 0.2) is 53.4 Å². The molecule has 0 saturated heterocycles. The molecule has 1 atom stereocenters. The molecule has 25 heavy (non-hydrogen) atoms. The average molecular weight is 404 g/mol. The molecule has 0 aliphatic heterocycles. The van der Waals surface area contributed by atoms with Gasteiger partial charge in [0.25, 0.3) is 0 Å². The third-order valence-electron chi connectivity index (χ3n) is 3.61. The summed E-state index contributed by atoms with van der Waals surface area (Å²) in [6.45, 7) is 3.08. The Morgan fingerprint density at radius 2 is 1.40 bits per heavy atom. The Bertz CT molecular complexity index is 876. The van der Waals surface area contributed by atoms with Gasteiger partial charge in [0.2, 0.25) is 10.0 Å². The van der Waals surface area contributed by atoms with Gasteiger partial charge in [-0.3, -0.25) is 4.57 Å². The third-order valence-corrected chi connectivity index (χ3v) is 6.95. The first kappa shape index (κ1) is 20.1. The van der Waals surface area contributed by atoms with Gasteiger partial charge in [0.05, 0.1) is 4.90 Å². The van der Waals surface area contributed by atoms with E-state index in [9.17, 15) is 22.8 Å². The lowest BCUT2D eigenvalue weighted by molar-refractivity contribution is 0.336. The SMILES string of the molecule is CC(C)[C@@H](NS(=O)(=O)c1ccc(-c2ccc(Cl)cc2)cc1)P(=O)(O)O. The van der Waals surface area contributed by atoms with Crippen LogP contribution in [0.5, 0.6) is 0 Å². The van der Waals surface area contributed by atoms with Crippen molar-refractivity contribution in [3.05, 3.63) is 53.6 Å². The summed E-state index contributed by atoms with van der Waals surface area (Å²) < 4.78 is 38.4. The van der Waals surface area contributed by atoms with Crippen LogP contribution in [0.3, 0.4) is 0 Å². The smallest absolute Gasteiger partial charge is 0.323 e. The van der Waals surface area contributed by atoms with Crippen molar-refractivity contribution in [2.75, 3.05) is 0 Å². The number of benzene rings is 2. The zero-order valence-electron chi connectivity index (χ0n) is 13.6. The summed E-state index contributed by atoms with van der Waals surface area (Å²) in [5.74, 6) is -2.04. The molecule has 0 spiro atoms. The second kappa shape index (κ2) is 7.58. The van der Waals surface area contributed by atoms with Crippen molar-refractivity contribution in [3.63, 3.8) is 0 Å². The highest BCUT2D eigenvalue weighted by molar-refractivity contribution is 7.89. The second-order valence-corrected chi connectivity index (χ2v) is 9.82. The Morgan fingerprint density at radius 1 is 0.960 bits per heavy atom. The van der Waals surface area contributed by atoms with Crippen molar-refractivity contribution in [3.8, 4) is 11.1 Å². The van der Waals surface area contributed by atoms with E-state index in [0.717, 1.165) is 11.1 Å². The van der Waals surface area contributed by atoms with E-state index in [-0.39, 0.29) is 4.90 Å². The minimum absolute atomic E-state index is 0.0655. The zero-order valence-corrected chi connectivity index (χ0v) is 16.1. The normalized spacial score (nSPS) is 13.8. The van der Waals surface area contributed by atoms with Crippen LogP contribution < -0.4 is 4.72 Å². The first-order chi connectivity index (χ1) is 11.5. The summed E-state index contributed by atoms with van der Waals surface area (Å²) in [5.41, 5.74) is 1.67. The van der Waals surface area contributed by atoms with Gasteiger partial charge >= 0.3 is 7.60 Å². The summed E-state index contributed by atoms with van der Waals surface area (Å²) in [5, 5.41) is 0.601. The number of rotatable bonds is 6. The number of hydrogen-bond donors (Lipinski definition) is 3. The van der Waals surface area contributed by atoms with Crippen molar-refractivity contribution in [1.29, 1.82) is 0 Å². The molecule has 2 aromatic rings. The van der Waals surface area contributed by atoms with Gasteiger partial charge in [-0.1, -0.05) is 49.7 Å². The molecule has 0 bridgehead atoms. The molecule has 0 aliphatic carbocycles. The maximum atomic E-state index is 12.4. The highest BCUT2D eigenvalue weighted by Crippen LogP contribution is 2.43. The zero-order chi connectivity index (χ0) is 18.8. The van der Waals surface area contributed by atoms with E-state index in [0.29, 0.717) is 5.02 Å². The summed E-state index contributed by atoms with van der Waals surface area (Å²) in [7, 11) is -8.67. The minimum Gasteiger partial charge on any atom is -0.323 e. The fraction of sp³-hybridized carbons (Fsp3) is 0.250. The lowest BCUT2D eigenvalue weighted by atomic mass is 10.1. The van der Waals surface area contributed by atoms with Crippen molar-refractivity contribution in [2.45, 2.75) is 24.5 Å². The van der Waals surface area contributed by atoms with Crippen molar-refractivity contribution in [1.82, 2.24) is 4.72 Å². The molecule has 6 nitrogen and oxygen atoms in total. The van der Waals surface area contributed by atoms with Gasteiger partial charge in [0.15, 0.2) is 0 Å². The summed E-state index contributed by atoms with van der Waals surface area (Å²) in [6.07, 6.45) is 0. The quantitative estimate of drug-likeness (QED) is 0.641. The minimum atomic E-state index is -4.61. The fourth-order valence-electron chi connectivity index (χ4n) is 2.29. The van der Waals surface area contributed by atoms with Gasteiger partial charge in [-0.25, -0.2) is 8.42 Å². The summed E-state index contributed by atoms with van der Waals surface area (Å²) >= 11 is 5.84. The molecule has 0 amide bonds. The van der Waals surface area contributed by atoms with Crippen LogP contribution >= 0.6 is 19.2 Å². The lowest BCUT2D eigenvalue weighted by Gasteiger charge is -2.23. The van der Waals surface area contributed by atoms with E-state index < -0.39 is 29.3 Å². The molecule has 0 aromatic heterocycles. The molecule has 0 unspecified atom stereocenters. The number of nitrogens with one attached hydrogen (secondary N) is 1. The van der Waals surface area contributed by atoms with Crippen LogP contribution in [0.4, 0.5) is 0 Å². The maximum Gasteiger partial charge on any atom is 0.343 e. The predicted octanol–water partition coefficient (Wildman–Crippen LogP) is 3.45. The van der Waals surface area contributed by atoms with Crippen LogP contribution in [0.2, 0.25) is 5.02 Å². The van der Waals surface area contributed by atoms with Gasteiger partial charge in [-0.05, 0) is 41.3 Å². The van der Waals surface area contributed by atoms with E-state index >= 15 is 0 Å². The molecule has 2 aromatic carbocycles.